The maximum atomic E-state index is 12.2. The van der Waals surface area contributed by atoms with Gasteiger partial charge in [-0.05, 0) is 49.4 Å². The highest BCUT2D eigenvalue weighted by atomic mass is 32.1. The fraction of sp³-hybridized carbons (Fsp3) is 0.333. The Balaban J connectivity index is 1.48. The standard InChI is InChI=1S/C21H25N3O3S/c1-16-3-8-19(28-16)9-10-21(26)23(2)15-20(25)22-17-4-6-18(7-5-17)24-11-13-27-14-12-24/h3-10H,11-15H2,1-2H3,(H,22,25)/b10-9+. The number of carbonyl (C=O) groups excluding carboxylic acids is 2. The molecule has 2 aromatic rings. The highest BCUT2D eigenvalue weighted by Gasteiger charge is 2.13. The van der Waals surface area contributed by atoms with Crippen LogP contribution in [-0.4, -0.2) is 56.6 Å². The number of carbonyl (C=O) groups is 2. The molecule has 0 unspecified atom stereocenters. The molecule has 28 heavy (non-hydrogen) atoms. The lowest BCUT2D eigenvalue weighted by atomic mass is 10.2. The van der Waals surface area contributed by atoms with Crippen LogP contribution in [0.15, 0.2) is 42.5 Å². The summed E-state index contributed by atoms with van der Waals surface area (Å²) < 4.78 is 5.36. The second kappa shape index (κ2) is 9.52. The van der Waals surface area contributed by atoms with Gasteiger partial charge in [-0.2, -0.15) is 0 Å². The van der Waals surface area contributed by atoms with Crippen LogP contribution >= 0.6 is 11.3 Å². The highest BCUT2D eigenvalue weighted by Crippen LogP contribution is 2.19. The number of thiophene rings is 1. The number of hydrogen-bond donors (Lipinski definition) is 1. The zero-order chi connectivity index (χ0) is 19.9. The second-order valence-electron chi connectivity index (χ2n) is 6.67. The van der Waals surface area contributed by atoms with Crippen molar-refractivity contribution in [2.24, 2.45) is 0 Å². The molecule has 2 heterocycles. The minimum atomic E-state index is -0.227. The number of likely N-dealkylation sites (N-methyl/N-ethyl adjacent to an activating group) is 1. The lowest BCUT2D eigenvalue weighted by Gasteiger charge is -2.28. The smallest absolute Gasteiger partial charge is 0.246 e. The monoisotopic (exact) mass is 399 g/mol. The summed E-state index contributed by atoms with van der Waals surface area (Å²) in [7, 11) is 1.62. The van der Waals surface area contributed by atoms with Crippen molar-refractivity contribution in [3.63, 3.8) is 0 Å². The summed E-state index contributed by atoms with van der Waals surface area (Å²) in [5.74, 6) is -0.431. The Morgan fingerprint density at radius 1 is 1.18 bits per heavy atom. The van der Waals surface area contributed by atoms with E-state index in [9.17, 15) is 9.59 Å². The van der Waals surface area contributed by atoms with Crippen LogP contribution in [0.25, 0.3) is 6.08 Å². The third-order valence-corrected chi connectivity index (χ3v) is 5.40. The molecular formula is C21H25N3O3S. The third-order valence-electron chi connectivity index (χ3n) is 4.44. The highest BCUT2D eigenvalue weighted by molar-refractivity contribution is 7.12. The van der Waals surface area contributed by atoms with Gasteiger partial charge in [-0.15, -0.1) is 11.3 Å². The minimum Gasteiger partial charge on any atom is -0.378 e. The molecule has 7 heteroatoms. The van der Waals surface area contributed by atoms with Crippen molar-refractivity contribution in [3.05, 3.63) is 52.2 Å². The molecule has 1 fully saturated rings. The first-order valence-corrected chi connectivity index (χ1v) is 10.0. The van der Waals surface area contributed by atoms with Crippen molar-refractivity contribution >= 4 is 40.6 Å². The van der Waals surface area contributed by atoms with Gasteiger partial charge >= 0.3 is 0 Å². The molecule has 0 bridgehead atoms. The van der Waals surface area contributed by atoms with Crippen LogP contribution in [0, 0.1) is 6.92 Å². The van der Waals surface area contributed by atoms with E-state index in [1.54, 1.807) is 24.5 Å². The van der Waals surface area contributed by atoms with E-state index < -0.39 is 0 Å². The molecule has 1 aliphatic heterocycles. The number of aryl methyl sites for hydroxylation is 1. The van der Waals surface area contributed by atoms with Crippen LogP contribution in [0.5, 0.6) is 0 Å². The Hall–Kier alpha value is -2.64. The molecule has 1 N–H and O–H groups in total. The van der Waals surface area contributed by atoms with Gasteiger partial charge in [0.2, 0.25) is 11.8 Å². The number of benzene rings is 1. The summed E-state index contributed by atoms with van der Waals surface area (Å²) >= 11 is 1.62. The average Bonchev–Trinajstić information content (AvgIpc) is 3.12. The fourth-order valence-corrected chi connectivity index (χ4v) is 3.67. The molecule has 1 saturated heterocycles. The Kier molecular flexibility index (Phi) is 6.84. The van der Waals surface area contributed by atoms with Crippen molar-refractivity contribution < 1.29 is 14.3 Å². The van der Waals surface area contributed by atoms with Crippen LogP contribution in [0.2, 0.25) is 0 Å². The summed E-state index contributed by atoms with van der Waals surface area (Å²) in [6, 6.07) is 11.7. The van der Waals surface area contributed by atoms with E-state index >= 15 is 0 Å². The Bertz CT molecular complexity index is 839. The third kappa shape index (κ3) is 5.68. The number of nitrogens with zero attached hydrogens (tertiary/aromatic N) is 2. The zero-order valence-electron chi connectivity index (χ0n) is 16.2. The van der Waals surface area contributed by atoms with Crippen molar-refractivity contribution in [3.8, 4) is 0 Å². The molecular weight excluding hydrogens is 374 g/mol. The van der Waals surface area contributed by atoms with Crippen molar-refractivity contribution in [1.29, 1.82) is 0 Å². The number of ether oxygens (including phenoxy) is 1. The molecule has 1 aromatic carbocycles. The van der Waals surface area contributed by atoms with Gasteiger partial charge in [0.1, 0.15) is 0 Å². The van der Waals surface area contributed by atoms with Crippen LogP contribution in [-0.2, 0) is 14.3 Å². The number of amides is 2. The zero-order valence-corrected chi connectivity index (χ0v) is 17.0. The maximum Gasteiger partial charge on any atom is 0.246 e. The molecule has 0 atom stereocenters. The summed E-state index contributed by atoms with van der Waals surface area (Å²) in [6.45, 7) is 5.23. The number of nitrogens with one attached hydrogen (secondary N) is 1. The van der Waals surface area contributed by atoms with E-state index in [-0.39, 0.29) is 18.4 Å². The van der Waals surface area contributed by atoms with Gasteiger partial charge in [0, 0.05) is 47.3 Å². The van der Waals surface area contributed by atoms with E-state index in [1.807, 2.05) is 43.3 Å². The van der Waals surface area contributed by atoms with Gasteiger partial charge in [0.15, 0.2) is 0 Å². The lowest BCUT2D eigenvalue weighted by Crippen LogP contribution is -2.36. The Morgan fingerprint density at radius 3 is 2.54 bits per heavy atom. The van der Waals surface area contributed by atoms with Gasteiger partial charge in [-0.25, -0.2) is 0 Å². The molecule has 0 aliphatic carbocycles. The summed E-state index contributed by atoms with van der Waals surface area (Å²) in [5, 5.41) is 2.84. The van der Waals surface area contributed by atoms with Crippen molar-refractivity contribution in [2.45, 2.75) is 6.92 Å². The largest absolute Gasteiger partial charge is 0.378 e. The van der Waals surface area contributed by atoms with Crippen LogP contribution in [0.3, 0.4) is 0 Å². The van der Waals surface area contributed by atoms with Crippen LogP contribution in [0.4, 0.5) is 11.4 Å². The quantitative estimate of drug-likeness (QED) is 0.759. The lowest BCUT2D eigenvalue weighted by molar-refractivity contribution is -0.129. The Morgan fingerprint density at radius 2 is 1.89 bits per heavy atom. The molecule has 0 spiro atoms. The van der Waals surface area contributed by atoms with E-state index in [0.717, 1.165) is 36.9 Å². The van der Waals surface area contributed by atoms with Gasteiger partial charge in [-0.1, -0.05) is 0 Å². The summed E-state index contributed by atoms with van der Waals surface area (Å²) in [4.78, 5) is 30.3. The first-order chi connectivity index (χ1) is 13.5. The minimum absolute atomic E-state index is 0.00213. The molecule has 2 amide bonds. The van der Waals surface area contributed by atoms with Gasteiger partial charge < -0.3 is 19.9 Å². The first-order valence-electron chi connectivity index (χ1n) is 9.23. The van der Waals surface area contributed by atoms with E-state index in [2.05, 4.69) is 10.2 Å². The van der Waals surface area contributed by atoms with Gasteiger partial charge in [0.05, 0.1) is 19.8 Å². The van der Waals surface area contributed by atoms with E-state index in [0.29, 0.717) is 5.69 Å². The first kappa shape index (κ1) is 20.1. The molecule has 6 nitrogen and oxygen atoms in total. The Labute approximate surface area is 169 Å². The number of morpholine rings is 1. The van der Waals surface area contributed by atoms with Gasteiger partial charge in [-0.3, -0.25) is 9.59 Å². The topological polar surface area (TPSA) is 61.9 Å². The SMILES string of the molecule is Cc1ccc(/C=C/C(=O)N(C)CC(=O)Nc2ccc(N3CCOCC3)cc2)s1. The number of rotatable bonds is 6. The molecule has 0 saturated carbocycles. The van der Waals surface area contributed by atoms with Crippen molar-refractivity contribution in [1.82, 2.24) is 4.90 Å². The maximum absolute atomic E-state index is 12.2. The predicted molar refractivity (Wildman–Crippen MR) is 114 cm³/mol. The molecule has 0 radical (unpaired) electrons. The summed E-state index contributed by atoms with van der Waals surface area (Å²) in [5.41, 5.74) is 1.83. The van der Waals surface area contributed by atoms with Crippen LogP contribution < -0.4 is 10.2 Å². The predicted octanol–water partition coefficient (Wildman–Crippen LogP) is 3.00. The van der Waals surface area contributed by atoms with E-state index in [1.165, 1.54) is 15.9 Å². The number of anilines is 2. The number of hydrogen-bond acceptors (Lipinski definition) is 5. The fourth-order valence-electron chi connectivity index (χ4n) is 2.89. The normalized spacial score (nSPS) is 14.3. The van der Waals surface area contributed by atoms with E-state index in [4.69, 9.17) is 4.74 Å². The van der Waals surface area contributed by atoms with Gasteiger partial charge in [0.25, 0.3) is 0 Å². The summed E-state index contributed by atoms with van der Waals surface area (Å²) in [6.07, 6.45) is 3.27. The molecule has 1 aromatic heterocycles. The molecule has 3 rings (SSSR count). The van der Waals surface area contributed by atoms with Crippen molar-refractivity contribution in [2.75, 3.05) is 50.1 Å². The van der Waals surface area contributed by atoms with Crippen LogP contribution in [0.1, 0.15) is 9.75 Å². The molecule has 148 valence electrons. The molecule has 1 aliphatic rings. The average molecular weight is 400 g/mol. The second-order valence-corrected chi connectivity index (χ2v) is 7.99.